The zero-order chi connectivity index (χ0) is 19.8. The van der Waals surface area contributed by atoms with E-state index in [1.165, 1.54) is 19.3 Å². The summed E-state index contributed by atoms with van der Waals surface area (Å²) in [5.74, 6) is 1.55. The minimum absolute atomic E-state index is 0.167. The summed E-state index contributed by atoms with van der Waals surface area (Å²) >= 11 is 1.80. The number of hydrogen-bond donors (Lipinski definition) is 1. The van der Waals surface area contributed by atoms with Crippen molar-refractivity contribution < 1.29 is 19.1 Å². The minimum atomic E-state index is -0.682. The van der Waals surface area contributed by atoms with Gasteiger partial charge in [0.25, 0.3) is 0 Å². The zero-order valence-corrected chi connectivity index (χ0v) is 18.1. The van der Waals surface area contributed by atoms with Crippen LogP contribution >= 0.6 is 11.8 Å². The van der Waals surface area contributed by atoms with Crippen LogP contribution in [-0.4, -0.2) is 40.8 Å². The first-order valence-corrected chi connectivity index (χ1v) is 10.6. The molecule has 4 atom stereocenters. The highest BCUT2D eigenvalue weighted by molar-refractivity contribution is 8.00. The molecule has 2 rings (SSSR count). The number of thioether (sulfide) groups is 1. The molecule has 6 heteroatoms. The normalized spacial score (nSPS) is 30.7. The molecule has 150 valence electrons. The number of ether oxygens (including phenoxy) is 2. The smallest absolute Gasteiger partial charge is 0.408 e. The van der Waals surface area contributed by atoms with Gasteiger partial charge in [-0.2, -0.15) is 11.8 Å². The van der Waals surface area contributed by atoms with Gasteiger partial charge in [-0.05, 0) is 64.2 Å². The number of fused-ring (bicyclic) bond motifs is 2. The Morgan fingerprint density at radius 2 is 1.85 bits per heavy atom. The molecule has 1 amide bonds. The summed E-state index contributed by atoms with van der Waals surface area (Å²) in [6.45, 7) is 14.5. The number of hydrogen-bond acceptors (Lipinski definition) is 5. The average molecular weight is 386 g/mol. The van der Waals surface area contributed by atoms with Crippen molar-refractivity contribution in [3.8, 4) is 0 Å². The second-order valence-corrected chi connectivity index (χ2v) is 11.2. The number of carbonyl (C=O) groups excluding carboxylic acids is 2. The summed E-state index contributed by atoms with van der Waals surface area (Å²) in [6, 6.07) is -0.682. The molecule has 0 aromatic rings. The predicted octanol–water partition coefficient (Wildman–Crippen LogP) is 4.39. The third kappa shape index (κ3) is 5.08. The molecule has 26 heavy (non-hydrogen) atoms. The Hall–Kier alpha value is -0.910. The fourth-order valence-corrected chi connectivity index (χ4v) is 5.84. The molecule has 0 saturated heterocycles. The average Bonchev–Trinajstić information content (AvgIpc) is 2.94. The molecule has 0 aromatic carbocycles. The lowest BCUT2D eigenvalue weighted by atomic mass is 9.73. The summed E-state index contributed by atoms with van der Waals surface area (Å²) in [5, 5.41) is 2.70. The van der Waals surface area contributed by atoms with Crippen molar-refractivity contribution in [3.63, 3.8) is 0 Å². The van der Waals surface area contributed by atoms with Gasteiger partial charge in [0.1, 0.15) is 11.6 Å². The molecule has 0 spiro atoms. The first-order chi connectivity index (χ1) is 11.9. The van der Waals surface area contributed by atoms with Crippen LogP contribution in [0.3, 0.4) is 0 Å². The van der Waals surface area contributed by atoms with Gasteiger partial charge in [-0.3, -0.25) is 0 Å². The van der Waals surface area contributed by atoms with E-state index in [-0.39, 0.29) is 4.75 Å². The maximum absolute atomic E-state index is 12.3. The molecular weight excluding hydrogens is 350 g/mol. The van der Waals surface area contributed by atoms with E-state index in [2.05, 4.69) is 26.1 Å². The number of rotatable bonds is 6. The molecule has 2 aliphatic rings. The molecule has 0 aliphatic heterocycles. The fraction of sp³-hybridized carbons (Fsp3) is 0.900. The second-order valence-electron chi connectivity index (χ2n) is 9.60. The Morgan fingerprint density at radius 3 is 2.31 bits per heavy atom. The number of esters is 1. The second kappa shape index (κ2) is 7.61. The van der Waals surface area contributed by atoms with Crippen LogP contribution in [0.2, 0.25) is 0 Å². The summed E-state index contributed by atoms with van der Waals surface area (Å²) in [5.41, 5.74) is -0.168. The van der Waals surface area contributed by atoms with E-state index >= 15 is 0 Å². The maximum Gasteiger partial charge on any atom is 0.408 e. The van der Waals surface area contributed by atoms with Crippen LogP contribution in [0.25, 0.3) is 0 Å². The SMILES string of the molecule is CCOC(=O)[C@H](CSC1(C)CC2CC1CC2(C)C)NC(=O)OC(C)(C)C. The predicted molar refractivity (Wildman–Crippen MR) is 105 cm³/mol. The molecule has 2 aliphatic carbocycles. The van der Waals surface area contributed by atoms with E-state index in [4.69, 9.17) is 9.47 Å². The summed E-state index contributed by atoms with van der Waals surface area (Å²) in [4.78, 5) is 24.4. The third-order valence-electron chi connectivity index (χ3n) is 5.80. The van der Waals surface area contributed by atoms with Crippen LogP contribution < -0.4 is 5.32 Å². The van der Waals surface area contributed by atoms with Gasteiger partial charge < -0.3 is 14.8 Å². The van der Waals surface area contributed by atoms with Crippen molar-refractivity contribution in [3.05, 3.63) is 0 Å². The quantitative estimate of drug-likeness (QED) is 0.687. The van der Waals surface area contributed by atoms with Crippen molar-refractivity contribution in [2.75, 3.05) is 12.4 Å². The van der Waals surface area contributed by atoms with Gasteiger partial charge in [0, 0.05) is 10.5 Å². The number of carbonyl (C=O) groups is 2. The Bertz CT molecular complexity index is 542. The van der Waals surface area contributed by atoms with Crippen molar-refractivity contribution in [1.29, 1.82) is 0 Å². The first-order valence-electron chi connectivity index (χ1n) is 9.66. The van der Waals surface area contributed by atoms with Crippen LogP contribution in [-0.2, 0) is 14.3 Å². The Morgan fingerprint density at radius 1 is 1.19 bits per heavy atom. The molecule has 2 saturated carbocycles. The van der Waals surface area contributed by atoms with E-state index in [1.807, 2.05) is 0 Å². The molecular formula is C20H35NO4S. The van der Waals surface area contributed by atoms with Crippen molar-refractivity contribution in [2.45, 2.75) is 84.1 Å². The maximum atomic E-state index is 12.3. The van der Waals surface area contributed by atoms with E-state index in [1.54, 1.807) is 39.5 Å². The lowest BCUT2D eigenvalue weighted by molar-refractivity contribution is -0.145. The lowest BCUT2D eigenvalue weighted by Crippen LogP contribution is -2.47. The van der Waals surface area contributed by atoms with Gasteiger partial charge in [0.15, 0.2) is 0 Å². The van der Waals surface area contributed by atoms with Crippen molar-refractivity contribution in [2.24, 2.45) is 17.3 Å². The highest BCUT2D eigenvalue weighted by Gasteiger charge is 2.56. The van der Waals surface area contributed by atoms with Gasteiger partial charge in [-0.1, -0.05) is 20.8 Å². The van der Waals surface area contributed by atoms with E-state index in [0.717, 1.165) is 5.92 Å². The molecule has 0 heterocycles. The zero-order valence-electron chi connectivity index (χ0n) is 17.3. The summed E-state index contributed by atoms with van der Waals surface area (Å²) < 4.78 is 10.6. The van der Waals surface area contributed by atoms with Gasteiger partial charge in [-0.25, -0.2) is 9.59 Å². The van der Waals surface area contributed by atoms with E-state index < -0.39 is 23.7 Å². The van der Waals surface area contributed by atoms with Gasteiger partial charge in [0.05, 0.1) is 6.61 Å². The van der Waals surface area contributed by atoms with E-state index in [9.17, 15) is 9.59 Å². The molecule has 0 aromatic heterocycles. The monoisotopic (exact) mass is 385 g/mol. The molecule has 1 N–H and O–H groups in total. The van der Waals surface area contributed by atoms with Crippen molar-refractivity contribution >= 4 is 23.8 Å². The highest BCUT2D eigenvalue weighted by atomic mass is 32.2. The fourth-order valence-electron chi connectivity index (χ4n) is 4.34. The Labute approximate surface area is 162 Å². The standard InChI is InChI=1S/C20H35NO4S/c1-8-24-16(22)15(21-17(23)25-18(2,3)4)12-26-20(7)11-13-9-14(20)10-19(13,5)6/h13-15H,8-12H2,1-7H3,(H,21,23)/t13?,14?,15-,20?/m0/s1. The van der Waals surface area contributed by atoms with Crippen LogP contribution in [0.1, 0.15) is 67.7 Å². The molecule has 0 radical (unpaired) electrons. The third-order valence-corrected chi connectivity index (χ3v) is 7.46. The van der Waals surface area contributed by atoms with Crippen LogP contribution in [0.4, 0.5) is 4.79 Å². The number of amides is 1. The summed E-state index contributed by atoms with van der Waals surface area (Å²) in [6.07, 6.45) is 3.12. The highest BCUT2D eigenvalue weighted by Crippen LogP contribution is 2.63. The van der Waals surface area contributed by atoms with Crippen LogP contribution in [0, 0.1) is 17.3 Å². The number of alkyl carbamates (subject to hydrolysis) is 1. The van der Waals surface area contributed by atoms with Gasteiger partial charge in [0.2, 0.25) is 0 Å². The van der Waals surface area contributed by atoms with E-state index in [0.29, 0.717) is 23.7 Å². The van der Waals surface area contributed by atoms with Crippen molar-refractivity contribution in [1.82, 2.24) is 5.32 Å². The summed E-state index contributed by atoms with van der Waals surface area (Å²) in [7, 11) is 0. The Kier molecular flexibility index (Phi) is 6.26. The van der Waals surface area contributed by atoms with Gasteiger partial charge >= 0.3 is 12.1 Å². The molecule has 3 unspecified atom stereocenters. The number of nitrogens with one attached hydrogen (secondary N) is 1. The Balaban J connectivity index is 1.97. The molecule has 5 nitrogen and oxygen atoms in total. The van der Waals surface area contributed by atoms with Gasteiger partial charge in [-0.15, -0.1) is 0 Å². The lowest BCUT2D eigenvalue weighted by Gasteiger charge is -2.41. The van der Waals surface area contributed by atoms with Crippen LogP contribution in [0.5, 0.6) is 0 Å². The first kappa shape index (κ1) is 21.4. The largest absolute Gasteiger partial charge is 0.464 e. The molecule has 2 fully saturated rings. The topological polar surface area (TPSA) is 64.6 Å². The minimum Gasteiger partial charge on any atom is -0.464 e. The molecule has 2 bridgehead atoms. The van der Waals surface area contributed by atoms with Crippen LogP contribution in [0.15, 0.2) is 0 Å².